The lowest BCUT2D eigenvalue weighted by molar-refractivity contribution is -0.142. The van der Waals surface area contributed by atoms with Gasteiger partial charge in [0.05, 0.1) is 40.3 Å². The molecule has 0 aromatic heterocycles. The summed E-state index contributed by atoms with van der Waals surface area (Å²) in [6.07, 6.45) is 0.364. The normalized spacial score (nSPS) is 10.4. The molecule has 2 rings (SSSR count). The molecule has 134 valence electrons. The Hall–Kier alpha value is -2.76. The van der Waals surface area contributed by atoms with E-state index >= 15 is 0 Å². The van der Waals surface area contributed by atoms with E-state index in [4.69, 9.17) is 9.47 Å². The molecule has 0 radical (unpaired) electrons. The predicted molar refractivity (Wildman–Crippen MR) is 92.9 cm³/mol. The molecule has 0 saturated carbocycles. The van der Waals surface area contributed by atoms with Crippen molar-refractivity contribution in [1.82, 2.24) is 0 Å². The highest BCUT2D eigenvalue weighted by Crippen LogP contribution is 2.36. The molecule has 0 heterocycles. The topological polar surface area (TPSA) is 71.1 Å². The first-order valence-electron chi connectivity index (χ1n) is 7.98. The van der Waals surface area contributed by atoms with E-state index in [1.165, 1.54) is 14.2 Å². The summed E-state index contributed by atoms with van der Waals surface area (Å²) in [5.74, 6) is 0.755. The van der Waals surface area contributed by atoms with Gasteiger partial charge in [0.1, 0.15) is 11.5 Å². The van der Waals surface area contributed by atoms with Gasteiger partial charge in [0.25, 0.3) is 0 Å². The van der Waals surface area contributed by atoms with Crippen LogP contribution < -0.4 is 9.47 Å². The summed E-state index contributed by atoms with van der Waals surface area (Å²) in [5, 5.41) is 1.77. The van der Waals surface area contributed by atoms with E-state index in [0.717, 1.165) is 16.3 Å². The van der Waals surface area contributed by atoms with Crippen LogP contribution in [0.4, 0.5) is 0 Å². The number of carbonyl (C=O) groups excluding carboxylic acids is 2. The molecular formula is C19H22O6. The molecule has 6 heteroatoms. The van der Waals surface area contributed by atoms with Crippen LogP contribution in [0.3, 0.4) is 0 Å². The van der Waals surface area contributed by atoms with Crippen LogP contribution in [-0.2, 0) is 19.1 Å². The molecule has 0 atom stereocenters. The van der Waals surface area contributed by atoms with Gasteiger partial charge < -0.3 is 18.9 Å². The fourth-order valence-corrected chi connectivity index (χ4v) is 2.44. The minimum Gasteiger partial charge on any atom is -0.492 e. The standard InChI is InChI=1S/C19H22O6/c1-13-12-16(24-10-8-17(20)22-2)14-6-4-5-7-15(14)19(13)25-11-9-18(21)23-3/h4-7,12H,8-11H2,1-3H3. The minimum atomic E-state index is -0.316. The molecule has 2 aromatic carbocycles. The smallest absolute Gasteiger partial charge is 0.308 e. The van der Waals surface area contributed by atoms with E-state index in [0.29, 0.717) is 11.5 Å². The molecule has 0 aliphatic carbocycles. The van der Waals surface area contributed by atoms with Crippen LogP contribution in [0.2, 0.25) is 0 Å². The van der Waals surface area contributed by atoms with Crippen molar-refractivity contribution in [2.24, 2.45) is 0 Å². The van der Waals surface area contributed by atoms with Crippen LogP contribution >= 0.6 is 0 Å². The summed E-state index contributed by atoms with van der Waals surface area (Å²) in [4.78, 5) is 22.5. The Kier molecular flexibility index (Phi) is 6.62. The highest BCUT2D eigenvalue weighted by molar-refractivity contribution is 5.94. The second-order valence-electron chi connectivity index (χ2n) is 5.42. The number of benzene rings is 2. The largest absolute Gasteiger partial charge is 0.492 e. The summed E-state index contributed by atoms with van der Waals surface area (Å²) in [6.45, 7) is 2.38. The Morgan fingerprint density at radius 2 is 1.44 bits per heavy atom. The lowest BCUT2D eigenvalue weighted by Gasteiger charge is -2.16. The van der Waals surface area contributed by atoms with Gasteiger partial charge in [-0.1, -0.05) is 24.3 Å². The van der Waals surface area contributed by atoms with Crippen molar-refractivity contribution in [2.75, 3.05) is 27.4 Å². The zero-order chi connectivity index (χ0) is 18.2. The first kappa shape index (κ1) is 18.6. The van der Waals surface area contributed by atoms with Crippen molar-refractivity contribution in [3.8, 4) is 11.5 Å². The van der Waals surface area contributed by atoms with Crippen molar-refractivity contribution >= 4 is 22.7 Å². The molecule has 0 saturated heterocycles. The highest BCUT2D eigenvalue weighted by Gasteiger charge is 2.13. The second-order valence-corrected chi connectivity index (χ2v) is 5.42. The van der Waals surface area contributed by atoms with Gasteiger partial charge >= 0.3 is 11.9 Å². The number of carbonyl (C=O) groups is 2. The van der Waals surface area contributed by atoms with Crippen molar-refractivity contribution in [3.63, 3.8) is 0 Å². The van der Waals surface area contributed by atoms with E-state index in [-0.39, 0.29) is 38.0 Å². The molecular weight excluding hydrogens is 324 g/mol. The molecule has 0 bridgehead atoms. The Labute approximate surface area is 146 Å². The van der Waals surface area contributed by atoms with E-state index in [1.54, 1.807) is 0 Å². The third-order valence-corrected chi connectivity index (χ3v) is 3.71. The maximum Gasteiger partial charge on any atom is 0.308 e. The fourth-order valence-electron chi connectivity index (χ4n) is 2.44. The van der Waals surface area contributed by atoms with Crippen molar-refractivity contribution in [1.29, 1.82) is 0 Å². The number of hydrogen-bond acceptors (Lipinski definition) is 6. The van der Waals surface area contributed by atoms with Gasteiger partial charge in [0, 0.05) is 10.8 Å². The first-order chi connectivity index (χ1) is 12.1. The van der Waals surface area contributed by atoms with E-state index in [2.05, 4.69) is 9.47 Å². The van der Waals surface area contributed by atoms with Crippen molar-refractivity contribution < 1.29 is 28.5 Å². The van der Waals surface area contributed by atoms with Gasteiger partial charge in [-0.3, -0.25) is 9.59 Å². The molecule has 0 fully saturated rings. The maximum atomic E-state index is 11.2. The number of fused-ring (bicyclic) bond motifs is 1. The van der Waals surface area contributed by atoms with Crippen molar-refractivity contribution in [2.45, 2.75) is 19.8 Å². The minimum absolute atomic E-state index is 0.182. The number of rotatable bonds is 8. The number of esters is 2. The predicted octanol–water partition coefficient (Wildman–Crippen LogP) is 3.03. The Balaban J connectivity index is 2.21. The summed E-state index contributed by atoms with van der Waals surface area (Å²) >= 11 is 0. The van der Waals surface area contributed by atoms with E-state index in [9.17, 15) is 9.59 Å². The third kappa shape index (κ3) is 4.86. The molecule has 25 heavy (non-hydrogen) atoms. The summed E-state index contributed by atoms with van der Waals surface area (Å²) in [5.41, 5.74) is 0.886. The number of aryl methyl sites for hydroxylation is 1. The van der Waals surface area contributed by atoms with Gasteiger partial charge in [0.15, 0.2) is 0 Å². The lowest BCUT2D eigenvalue weighted by atomic mass is 10.0. The molecule has 0 N–H and O–H groups in total. The summed E-state index contributed by atoms with van der Waals surface area (Å²) in [6, 6.07) is 9.54. The monoisotopic (exact) mass is 346 g/mol. The van der Waals surface area contributed by atoms with Crippen molar-refractivity contribution in [3.05, 3.63) is 35.9 Å². The Morgan fingerprint density at radius 1 is 0.880 bits per heavy atom. The summed E-state index contributed by atoms with van der Waals surface area (Å²) < 4.78 is 20.8. The highest BCUT2D eigenvalue weighted by atomic mass is 16.5. The van der Waals surface area contributed by atoms with E-state index in [1.807, 2.05) is 37.3 Å². The molecule has 2 aromatic rings. The zero-order valence-corrected chi connectivity index (χ0v) is 14.7. The second kappa shape index (κ2) is 8.92. The van der Waals surface area contributed by atoms with Crippen LogP contribution in [0.1, 0.15) is 18.4 Å². The first-order valence-corrected chi connectivity index (χ1v) is 7.98. The molecule has 0 aliphatic heterocycles. The molecule has 0 amide bonds. The third-order valence-electron chi connectivity index (χ3n) is 3.71. The summed E-state index contributed by atoms with van der Waals surface area (Å²) in [7, 11) is 2.70. The van der Waals surface area contributed by atoms with Crippen LogP contribution in [0, 0.1) is 6.92 Å². The van der Waals surface area contributed by atoms with Crippen LogP contribution in [0.5, 0.6) is 11.5 Å². The Morgan fingerprint density at radius 3 is 2.04 bits per heavy atom. The molecule has 0 aliphatic rings. The molecule has 0 spiro atoms. The quantitative estimate of drug-likeness (QED) is 0.684. The van der Waals surface area contributed by atoms with E-state index < -0.39 is 0 Å². The van der Waals surface area contributed by atoms with Crippen LogP contribution in [0.25, 0.3) is 10.8 Å². The van der Waals surface area contributed by atoms with Crippen LogP contribution in [0.15, 0.2) is 30.3 Å². The van der Waals surface area contributed by atoms with Gasteiger partial charge in [-0.2, -0.15) is 0 Å². The molecule has 6 nitrogen and oxygen atoms in total. The number of methoxy groups -OCH3 is 2. The lowest BCUT2D eigenvalue weighted by Crippen LogP contribution is -2.09. The number of ether oxygens (including phenoxy) is 4. The fraction of sp³-hybridized carbons (Fsp3) is 0.368. The average Bonchev–Trinajstić information content (AvgIpc) is 2.63. The SMILES string of the molecule is COC(=O)CCOc1cc(C)c(OCCC(=O)OC)c2ccccc12. The number of hydrogen-bond donors (Lipinski definition) is 0. The van der Waals surface area contributed by atoms with Gasteiger partial charge in [0.2, 0.25) is 0 Å². The van der Waals surface area contributed by atoms with Gasteiger partial charge in [-0.15, -0.1) is 0 Å². The zero-order valence-electron chi connectivity index (χ0n) is 14.7. The van der Waals surface area contributed by atoms with Gasteiger partial charge in [-0.25, -0.2) is 0 Å². The maximum absolute atomic E-state index is 11.2. The molecule has 0 unspecified atom stereocenters. The average molecular weight is 346 g/mol. The van der Waals surface area contributed by atoms with Gasteiger partial charge in [-0.05, 0) is 18.6 Å². The van der Waals surface area contributed by atoms with Crippen LogP contribution in [-0.4, -0.2) is 39.4 Å². The Bertz CT molecular complexity index is 753.